The number of hydrogen-bond donors (Lipinski definition) is 1. The van der Waals surface area contributed by atoms with Crippen LogP contribution >= 0.6 is 0 Å². The smallest absolute Gasteiger partial charge is 0.341 e. The largest absolute Gasteiger partial charge is 0.477 e. The second kappa shape index (κ2) is 5.21. The molecule has 1 aromatic rings. The Balaban J connectivity index is 3.31. The molecule has 1 aromatic heterocycles. The highest BCUT2D eigenvalue weighted by Crippen LogP contribution is 2.25. The molecule has 17 heavy (non-hydrogen) atoms. The quantitative estimate of drug-likeness (QED) is 0.854. The lowest BCUT2D eigenvalue weighted by molar-refractivity contribution is 0.0696. The van der Waals surface area contributed by atoms with Crippen molar-refractivity contribution >= 4 is 11.8 Å². The normalized spacial score (nSPS) is 10.9. The molecule has 0 amide bonds. The standard InChI is InChI=1S/C12H21N3O2/c1-6-7-15(8(2)3)11-10(12(16)17)9(4)13-14(11)5/h8H,6-7H2,1-5H3,(H,16,17). The van der Waals surface area contributed by atoms with Crippen molar-refractivity contribution in [3.63, 3.8) is 0 Å². The molecule has 0 aliphatic rings. The van der Waals surface area contributed by atoms with E-state index in [1.807, 2.05) is 0 Å². The summed E-state index contributed by atoms with van der Waals surface area (Å²) >= 11 is 0. The fourth-order valence-corrected chi connectivity index (χ4v) is 2.08. The fourth-order valence-electron chi connectivity index (χ4n) is 2.08. The molecule has 0 bridgehead atoms. The van der Waals surface area contributed by atoms with Crippen LogP contribution in [0.1, 0.15) is 43.2 Å². The molecule has 0 atom stereocenters. The lowest BCUT2D eigenvalue weighted by Crippen LogP contribution is -2.34. The van der Waals surface area contributed by atoms with Gasteiger partial charge < -0.3 is 10.0 Å². The zero-order valence-electron chi connectivity index (χ0n) is 11.2. The molecule has 1 N–H and O–H groups in total. The van der Waals surface area contributed by atoms with Gasteiger partial charge in [0, 0.05) is 19.6 Å². The van der Waals surface area contributed by atoms with Crippen molar-refractivity contribution in [2.75, 3.05) is 11.4 Å². The third-order valence-corrected chi connectivity index (χ3v) is 2.77. The second-order valence-electron chi connectivity index (χ2n) is 4.50. The van der Waals surface area contributed by atoms with E-state index in [0.717, 1.165) is 13.0 Å². The van der Waals surface area contributed by atoms with E-state index in [4.69, 9.17) is 0 Å². The van der Waals surface area contributed by atoms with Crippen LogP contribution in [-0.4, -0.2) is 33.4 Å². The SMILES string of the molecule is CCCN(c1c(C(=O)O)c(C)nn1C)C(C)C. The molecule has 0 unspecified atom stereocenters. The minimum atomic E-state index is -0.910. The summed E-state index contributed by atoms with van der Waals surface area (Å²) in [5, 5.41) is 13.5. The summed E-state index contributed by atoms with van der Waals surface area (Å²) < 4.78 is 1.66. The highest BCUT2D eigenvalue weighted by molar-refractivity contribution is 5.94. The highest BCUT2D eigenvalue weighted by atomic mass is 16.4. The molecule has 0 aliphatic carbocycles. The number of aromatic nitrogens is 2. The molecular weight excluding hydrogens is 218 g/mol. The number of anilines is 1. The van der Waals surface area contributed by atoms with Crippen LogP contribution in [0.4, 0.5) is 5.82 Å². The van der Waals surface area contributed by atoms with E-state index >= 15 is 0 Å². The Bertz CT molecular complexity index is 410. The number of carboxylic acids is 1. The molecule has 5 nitrogen and oxygen atoms in total. The van der Waals surface area contributed by atoms with Gasteiger partial charge in [-0.25, -0.2) is 4.79 Å². The van der Waals surface area contributed by atoms with Crippen LogP contribution in [0.5, 0.6) is 0 Å². The summed E-state index contributed by atoms with van der Waals surface area (Å²) in [5.41, 5.74) is 0.881. The molecule has 96 valence electrons. The minimum Gasteiger partial charge on any atom is -0.477 e. The Labute approximate surface area is 102 Å². The number of carbonyl (C=O) groups is 1. The maximum absolute atomic E-state index is 11.3. The lowest BCUT2D eigenvalue weighted by Gasteiger charge is -2.28. The van der Waals surface area contributed by atoms with Gasteiger partial charge in [-0.15, -0.1) is 0 Å². The van der Waals surface area contributed by atoms with Gasteiger partial charge in [0.1, 0.15) is 11.4 Å². The predicted molar refractivity (Wildman–Crippen MR) is 67.7 cm³/mol. The molecule has 0 spiro atoms. The van der Waals surface area contributed by atoms with E-state index < -0.39 is 5.97 Å². The van der Waals surface area contributed by atoms with Crippen molar-refractivity contribution in [2.24, 2.45) is 7.05 Å². The molecule has 5 heteroatoms. The maximum Gasteiger partial charge on any atom is 0.341 e. The van der Waals surface area contributed by atoms with Gasteiger partial charge in [0.05, 0.1) is 5.69 Å². The zero-order valence-corrected chi connectivity index (χ0v) is 11.2. The van der Waals surface area contributed by atoms with E-state index in [1.165, 1.54) is 0 Å². The predicted octanol–water partition coefficient (Wildman–Crippen LogP) is 2.05. The highest BCUT2D eigenvalue weighted by Gasteiger charge is 2.25. The van der Waals surface area contributed by atoms with Crippen LogP contribution in [0.2, 0.25) is 0 Å². The van der Waals surface area contributed by atoms with E-state index in [-0.39, 0.29) is 6.04 Å². The van der Waals surface area contributed by atoms with Gasteiger partial charge in [-0.3, -0.25) is 4.68 Å². The first-order valence-corrected chi connectivity index (χ1v) is 5.93. The van der Waals surface area contributed by atoms with Crippen molar-refractivity contribution in [3.05, 3.63) is 11.3 Å². The first kappa shape index (κ1) is 13.5. The van der Waals surface area contributed by atoms with Crippen molar-refractivity contribution < 1.29 is 9.90 Å². The zero-order chi connectivity index (χ0) is 13.2. The summed E-state index contributed by atoms with van der Waals surface area (Å²) in [7, 11) is 1.79. The van der Waals surface area contributed by atoms with Crippen LogP contribution in [0.3, 0.4) is 0 Å². The van der Waals surface area contributed by atoms with Crippen molar-refractivity contribution in [3.8, 4) is 0 Å². The topological polar surface area (TPSA) is 58.4 Å². The van der Waals surface area contributed by atoms with Crippen LogP contribution in [0, 0.1) is 6.92 Å². The van der Waals surface area contributed by atoms with Gasteiger partial charge in [0.25, 0.3) is 0 Å². The number of hydrogen-bond acceptors (Lipinski definition) is 3. The Morgan fingerprint density at radius 3 is 2.53 bits per heavy atom. The molecule has 1 rings (SSSR count). The molecule has 0 aliphatic heterocycles. The van der Waals surface area contributed by atoms with Crippen LogP contribution in [0.25, 0.3) is 0 Å². The maximum atomic E-state index is 11.3. The first-order chi connectivity index (χ1) is 7.90. The number of nitrogens with zero attached hydrogens (tertiary/aromatic N) is 3. The summed E-state index contributed by atoms with van der Waals surface area (Å²) in [6.45, 7) is 8.76. The van der Waals surface area contributed by atoms with Gasteiger partial charge in [-0.2, -0.15) is 5.10 Å². The van der Waals surface area contributed by atoms with Gasteiger partial charge in [0.15, 0.2) is 0 Å². The third kappa shape index (κ3) is 2.60. The van der Waals surface area contributed by atoms with Gasteiger partial charge in [-0.1, -0.05) is 6.92 Å². The molecule has 0 fully saturated rings. The Morgan fingerprint density at radius 2 is 2.12 bits per heavy atom. The van der Waals surface area contributed by atoms with E-state index in [1.54, 1.807) is 18.7 Å². The number of rotatable bonds is 5. The second-order valence-corrected chi connectivity index (χ2v) is 4.50. The molecular formula is C12H21N3O2. The lowest BCUT2D eigenvalue weighted by atomic mass is 10.2. The average molecular weight is 239 g/mol. The number of aryl methyl sites for hydroxylation is 2. The van der Waals surface area contributed by atoms with E-state index in [0.29, 0.717) is 17.1 Å². The van der Waals surface area contributed by atoms with Crippen molar-refractivity contribution in [2.45, 2.75) is 40.2 Å². The Kier molecular flexibility index (Phi) is 4.15. The first-order valence-electron chi connectivity index (χ1n) is 5.93. The van der Waals surface area contributed by atoms with Crippen molar-refractivity contribution in [1.82, 2.24) is 9.78 Å². The Hall–Kier alpha value is -1.52. The molecule has 0 radical (unpaired) electrons. The van der Waals surface area contributed by atoms with E-state index in [9.17, 15) is 9.90 Å². The fraction of sp³-hybridized carbons (Fsp3) is 0.667. The molecule has 0 saturated carbocycles. The third-order valence-electron chi connectivity index (χ3n) is 2.77. The van der Waals surface area contributed by atoms with Crippen LogP contribution < -0.4 is 4.90 Å². The average Bonchev–Trinajstić information content (AvgIpc) is 2.49. The summed E-state index contributed by atoms with van der Waals surface area (Å²) in [6.07, 6.45) is 0.974. The molecule has 0 saturated heterocycles. The monoisotopic (exact) mass is 239 g/mol. The van der Waals surface area contributed by atoms with E-state index in [2.05, 4.69) is 30.8 Å². The minimum absolute atomic E-state index is 0.253. The van der Waals surface area contributed by atoms with Gasteiger partial charge in [0.2, 0.25) is 0 Å². The Morgan fingerprint density at radius 1 is 1.53 bits per heavy atom. The van der Waals surface area contributed by atoms with Crippen LogP contribution in [-0.2, 0) is 7.05 Å². The summed E-state index contributed by atoms with van der Waals surface area (Å²) in [6, 6.07) is 0.253. The number of aromatic carboxylic acids is 1. The van der Waals surface area contributed by atoms with Gasteiger partial charge >= 0.3 is 5.97 Å². The summed E-state index contributed by atoms with van der Waals surface area (Å²) in [4.78, 5) is 13.4. The van der Waals surface area contributed by atoms with Crippen LogP contribution in [0.15, 0.2) is 0 Å². The summed E-state index contributed by atoms with van der Waals surface area (Å²) in [5.74, 6) is -0.209. The van der Waals surface area contributed by atoms with Gasteiger partial charge in [-0.05, 0) is 27.2 Å². The number of carboxylic acid groups (broad SMARTS) is 1. The molecule has 1 heterocycles. The van der Waals surface area contributed by atoms with Crippen molar-refractivity contribution in [1.29, 1.82) is 0 Å². The molecule has 0 aromatic carbocycles.